The second-order valence-electron chi connectivity index (χ2n) is 4.20. The van der Waals surface area contributed by atoms with E-state index in [9.17, 15) is 0 Å². The molecule has 0 aliphatic heterocycles. The molecule has 1 nitrogen and oxygen atoms in total. The molecule has 1 rings (SSSR count). The van der Waals surface area contributed by atoms with E-state index in [2.05, 4.69) is 53.6 Å². The molecule has 0 aromatic rings. The van der Waals surface area contributed by atoms with Gasteiger partial charge in [-0.05, 0) is 50.0 Å². The maximum Gasteiger partial charge on any atom is 0.0201 e. The first-order chi connectivity index (χ1) is 5.97. The van der Waals surface area contributed by atoms with Crippen molar-refractivity contribution >= 4 is 27.9 Å². The van der Waals surface area contributed by atoms with Gasteiger partial charge in [-0.25, -0.2) is 0 Å². The van der Waals surface area contributed by atoms with Gasteiger partial charge in [-0.2, -0.15) is 0 Å². The summed E-state index contributed by atoms with van der Waals surface area (Å²) in [5.41, 5.74) is 0.184. The van der Waals surface area contributed by atoms with Crippen molar-refractivity contribution in [1.82, 2.24) is 4.72 Å². The van der Waals surface area contributed by atoms with E-state index in [0.29, 0.717) is 0 Å². The molecular weight excluding hydrogens is 246 g/mol. The number of hydrogen-bond acceptors (Lipinski definition) is 2. The molecule has 13 heavy (non-hydrogen) atoms. The molecule has 0 bridgehead atoms. The summed E-state index contributed by atoms with van der Waals surface area (Å²) in [7, 11) is 0. The molecule has 1 aliphatic rings. The Hall–Kier alpha value is 0.270. The second-order valence-corrected chi connectivity index (χ2v) is 6.15. The number of allylic oxidation sites excluding steroid dienone is 4. The van der Waals surface area contributed by atoms with E-state index >= 15 is 0 Å². The van der Waals surface area contributed by atoms with Crippen molar-refractivity contribution in [2.24, 2.45) is 0 Å². The normalized spacial score (nSPS) is 18.2. The SMILES string of the molecule is CC(C)(C)NSC1=CC=C(Br)CC1. The van der Waals surface area contributed by atoms with Gasteiger partial charge in [-0.1, -0.05) is 28.1 Å². The molecule has 0 amide bonds. The van der Waals surface area contributed by atoms with Gasteiger partial charge in [0, 0.05) is 10.4 Å². The van der Waals surface area contributed by atoms with Crippen molar-refractivity contribution in [3.63, 3.8) is 0 Å². The zero-order valence-corrected chi connectivity index (χ0v) is 10.8. The summed E-state index contributed by atoms with van der Waals surface area (Å²) < 4.78 is 4.71. The molecule has 1 aliphatic carbocycles. The highest BCUT2D eigenvalue weighted by Crippen LogP contribution is 2.29. The van der Waals surface area contributed by atoms with Gasteiger partial charge in [0.2, 0.25) is 0 Å². The fourth-order valence-electron chi connectivity index (χ4n) is 0.896. The first-order valence-corrected chi connectivity index (χ1v) is 6.07. The van der Waals surface area contributed by atoms with Crippen LogP contribution in [-0.2, 0) is 0 Å². The van der Waals surface area contributed by atoms with Crippen molar-refractivity contribution < 1.29 is 0 Å². The third-order valence-electron chi connectivity index (χ3n) is 1.55. The largest absolute Gasteiger partial charge is 0.255 e. The molecule has 0 fully saturated rings. The average molecular weight is 262 g/mol. The molecule has 0 saturated carbocycles. The highest BCUT2D eigenvalue weighted by Gasteiger charge is 2.11. The molecule has 0 aromatic heterocycles. The summed E-state index contributed by atoms with van der Waals surface area (Å²) >= 11 is 5.25. The highest BCUT2D eigenvalue weighted by molar-refractivity contribution is 9.11. The molecule has 0 saturated heterocycles. The lowest BCUT2D eigenvalue weighted by atomic mass is 10.1. The van der Waals surface area contributed by atoms with Gasteiger partial charge in [0.05, 0.1) is 0 Å². The Morgan fingerprint density at radius 2 is 2.00 bits per heavy atom. The number of hydrogen-bond donors (Lipinski definition) is 1. The smallest absolute Gasteiger partial charge is 0.0201 e. The molecule has 0 spiro atoms. The minimum atomic E-state index is 0.184. The molecular formula is C10H16BrNS. The van der Waals surface area contributed by atoms with Gasteiger partial charge < -0.3 is 0 Å². The lowest BCUT2D eigenvalue weighted by Gasteiger charge is -2.21. The summed E-state index contributed by atoms with van der Waals surface area (Å²) in [6, 6.07) is 0. The topological polar surface area (TPSA) is 12.0 Å². The Bertz CT molecular complexity index is 238. The minimum Gasteiger partial charge on any atom is -0.255 e. The van der Waals surface area contributed by atoms with Gasteiger partial charge in [0.1, 0.15) is 0 Å². The summed E-state index contributed by atoms with van der Waals surface area (Å²) in [6.07, 6.45) is 6.59. The lowest BCUT2D eigenvalue weighted by molar-refractivity contribution is 0.536. The monoisotopic (exact) mass is 261 g/mol. The van der Waals surface area contributed by atoms with Crippen LogP contribution in [0.15, 0.2) is 21.5 Å². The second kappa shape index (κ2) is 4.67. The number of rotatable bonds is 2. The Balaban J connectivity index is 2.39. The van der Waals surface area contributed by atoms with Crippen LogP contribution in [0.5, 0.6) is 0 Å². The van der Waals surface area contributed by atoms with E-state index in [4.69, 9.17) is 0 Å². The summed E-state index contributed by atoms with van der Waals surface area (Å²) in [4.78, 5) is 1.41. The molecule has 0 unspecified atom stereocenters. The van der Waals surface area contributed by atoms with Crippen LogP contribution in [-0.4, -0.2) is 5.54 Å². The summed E-state index contributed by atoms with van der Waals surface area (Å²) in [5.74, 6) is 0. The van der Waals surface area contributed by atoms with E-state index in [0.717, 1.165) is 12.8 Å². The van der Waals surface area contributed by atoms with Crippen molar-refractivity contribution in [3.05, 3.63) is 21.5 Å². The fourth-order valence-corrected chi connectivity index (χ4v) is 2.00. The van der Waals surface area contributed by atoms with Crippen LogP contribution in [0.3, 0.4) is 0 Å². The third kappa shape index (κ3) is 4.89. The molecule has 0 aromatic carbocycles. The molecule has 74 valence electrons. The van der Waals surface area contributed by atoms with E-state index < -0.39 is 0 Å². The van der Waals surface area contributed by atoms with Gasteiger partial charge in [0.15, 0.2) is 0 Å². The number of nitrogens with one attached hydrogen (secondary N) is 1. The minimum absolute atomic E-state index is 0.184. The fraction of sp³-hybridized carbons (Fsp3) is 0.600. The van der Waals surface area contributed by atoms with Crippen molar-refractivity contribution in [2.45, 2.75) is 39.2 Å². The van der Waals surface area contributed by atoms with Gasteiger partial charge >= 0.3 is 0 Å². The number of halogens is 1. The molecule has 0 radical (unpaired) electrons. The van der Waals surface area contributed by atoms with Gasteiger partial charge in [-0.3, -0.25) is 4.72 Å². The van der Waals surface area contributed by atoms with Crippen LogP contribution in [0.2, 0.25) is 0 Å². The summed E-state index contributed by atoms with van der Waals surface area (Å²) in [6.45, 7) is 6.53. The molecule has 1 N–H and O–H groups in total. The standard InChI is InChI=1S/C10H16BrNS/c1-10(2,3)12-13-9-6-4-8(11)5-7-9/h4,6,12H,5,7H2,1-3H3. The molecule has 3 heteroatoms. The third-order valence-corrected chi connectivity index (χ3v) is 3.53. The Morgan fingerprint density at radius 3 is 2.46 bits per heavy atom. The highest BCUT2D eigenvalue weighted by atomic mass is 79.9. The summed E-state index contributed by atoms with van der Waals surface area (Å²) in [5, 5.41) is 0. The Morgan fingerprint density at radius 1 is 1.31 bits per heavy atom. The zero-order valence-electron chi connectivity index (χ0n) is 8.36. The first-order valence-electron chi connectivity index (χ1n) is 4.47. The maximum atomic E-state index is 3.49. The molecule has 0 atom stereocenters. The van der Waals surface area contributed by atoms with E-state index in [1.54, 1.807) is 11.9 Å². The quantitative estimate of drug-likeness (QED) is 0.755. The van der Waals surface area contributed by atoms with E-state index in [-0.39, 0.29) is 5.54 Å². The van der Waals surface area contributed by atoms with Gasteiger partial charge in [-0.15, -0.1) is 0 Å². The van der Waals surface area contributed by atoms with Gasteiger partial charge in [0.25, 0.3) is 0 Å². The Kier molecular flexibility index (Phi) is 4.07. The van der Waals surface area contributed by atoms with Crippen molar-refractivity contribution in [1.29, 1.82) is 0 Å². The Labute approximate surface area is 93.3 Å². The van der Waals surface area contributed by atoms with E-state index in [1.807, 2.05) is 0 Å². The lowest BCUT2D eigenvalue weighted by Crippen LogP contribution is -2.30. The van der Waals surface area contributed by atoms with Crippen LogP contribution in [0, 0.1) is 0 Å². The van der Waals surface area contributed by atoms with E-state index in [1.165, 1.54) is 9.39 Å². The average Bonchev–Trinajstić information content (AvgIpc) is 2.02. The first kappa shape index (κ1) is 11.3. The van der Waals surface area contributed by atoms with Crippen LogP contribution < -0.4 is 4.72 Å². The predicted octanol–water partition coefficient (Wildman–Crippen LogP) is 3.98. The van der Waals surface area contributed by atoms with Crippen LogP contribution in [0.4, 0.5) is 0 Å². The van der Waals surface area contributed by atoms with Crippen molar-refractivity contribution in [2.75, 3.05) is 0 Å². The van der Waals surface area contributed by atoms with Crippen molar-refractivity contribution in [3.8, 4) is 0 Å². The molecule has 0 heterocycles. The van der Waals surface area contributed by atoms with Crippen LogP contribution >= 0.6 is 27.9 Å². The predicted molar refractivity (Wildman–Crippen MR) is 64.8 cm³/mol. The van der Waals surface area contributed by atoms with Crippen LogP contribution in [0.25, 0.3) is 0 Å². The zero-order chi connectivity index (χ0) is 9.90. The van der Waals surface area contributed by atoms with Crippen LogP contribution in [0.1, 0.15) is 33.6 Å². The maximum absolute atomic E-state index is 3.49.